The molecule has 1 amide bonds. The molecular weight excluding hydrogens is 202 g/mol. The largest absolute Gasteiger partial charge is 0.383 e. The predicted octanol–water partition coefficient (Wildman–Crippen LogP) is 2.04. The van der Waals surface area contributed by atoms with Gasteiger partial charge in [-0.3, -0.25) is 9.78 Å². The first-order chi connectivity index (χ1) is 7.69. The quantitative estimate of drug-likeness (QED) is 0.800. The molecule has 0 aliphatic heterocycles. The van der Waals surface area contributed by atoms with Crippen LogP contribution < -0.4 is 10.6 Å². The van der Waals surface area contributed by atoms with Crippen LogP contribution in [0.3, 0.4) is 0 Å². The number of pyridine rings is 1. The maximum absolute atomic E-state index is 11.9. The topological polar surface area (TPSA) is 54.0 Å². The summed E-state index contributed by atoms with van der Waals surface area (Å²) in [5.74, 6) is -0.0484. The number of aromatic nitrogens is 1. The first kappa shape index (κ1) is 12.5. The molecule has 0 aliphatic carbocycles. The lowest BCUT2D eigenvalue weighted by atomic mass is 10.2. The molecular formula is C12H19N3O. The molecule has 0 fully saturated rings. The third kappa shape index (κ3) is 3.22. The van der Waals surface area contributed by atoms with Crippen LogP contribution in [0.1, 0.15) is 37.6 Å². The van der Waals surface area contributed by atoms with E-state index in [1.807, 2.05) is 20.8 Å². The standard InChI is InChI=1S/C12H19N3O/c1-4-9(3)15-12(16)10-6-7-13-8-11(10)14-5-2/h6-9,14H,4-5H2,1-3H3,(H,15,16). The second kappa shape index (κ2) is 6.10. The first-order valence-corrected chi connectivity index (χ1v) is 5.67. The second-order valence-electron chi connectivity index (χ2n) is 3.73. The van der Waals surface area contributed by atoms with E-state index >= 15 is 0 Å². The molecule has 1 aromatic rings. The van der Waals surface area contributed by atoms with Gasteiger partial charge in [0.05, 0.1) is 17.4 Å². The highest BCUT2D eigenvalue weighted by Crippen LogP contribution is 2.13. The van der Waals surface area contributed by atoms with E-state index < -0.39 is 0 Å². The fourth-order valence-corrected chi connectivity index (χ4v) is 1.33. The van der Waals surface area contributed by atoms with E-state index in [0.29, 0.717) is 5.56 Å². The third-order valence-corrected chi connectivity index (χ3v) is 2.42. The molecule has 0 aliphatic rings. The van der Waals surface area contributed by atoms with Crippen molar-refractivity contribution in [3.8, 4) is 0 Å². The molecule has 1 aromatic heterocycles. The highest BCUT2D eigenvalue weighted by atomic mass is 16.1. The zero-order valence-electron chi connectivity index (χ0n) is 10.1. The smallest absolute Gasteiger partial charge is 0.253 e. The first-order valence-electron chi connectivity index (χ1n) is 5.67. The number of amides is 1. The van der Waals surface area contributed by atoms with Crippen LogP contribution >= 0.6 is 0 Å². The molecule has 4 nitrogen and oxygen atoms in total. The van der Waals surface area contributed by atoms with Gasteiger partial charge < -0.3 is 10.6 Å². The minimum Gasteiger partial charge on any atom is -0.383 e. The Morgan fingerprint density at radius 2 is 2.25 bits per heavy atom. The van der Waals surface area contributed by atoms with Gasteiger partial charge in [-0.25, -0.2) is 0 Å². The number of nitrogens with one attached hydrogen (secondary N) is 2. The molecule has 0 aromatic carbocycles. The normalized spacial score (nSPS) is 11.9. The van der Waals surface area contributed by atoms with Gasteiger partial charge in [0.2, 0.25) is 0 Å². The van der Waals surface area contributed by atoms with Crippen molar-refractivity contribution in [3.63, 3.8) is 0 Å². The SMILES string of the molecule is CCNc1cnccc1C(=O)NC(C)CC. The van der Waals surface area contributed by atoms with Gasteiger partial charge in [0.25, 0.3) is 5.91 Å². The van der Waals surface area contributed by atoms with E-state index in [1.54, 1.807) is 18.5 Å². The van der Waals surface area contributed by atoms with Gasteiger partial charge in [0, 0.05) is 18.8 Å². The van der Waals surface area contributed by atoms with Crippen LogP contribution in [-0.2, 0) is 0 Å². The summed E-state index contributed by atoms with van der Waals surface area (Å²) in [4.78, 5) is 15.9. The average Bonchev–Trinajstić information content (AvgIpc) is 2.30. The average molecular weight is 221 g/mol. The summed E-state index contributed by atoms with van der Waals surface area (Å²) in [7, 11) is 0. The Bertz CT molecular complexity index is 352. The summed E-state index contributed by atoms with van der Waals surface area (Å²) in [6.45, 7) is 6.80. The van der Waals surface area contributed by atoms with Crippen molar-refractivity contribution < 1.29 is 4.79 Å². The van der Waals surface area contributed by atoms with Crippen molar-refractivity contribution in [2.24, 2.45) is 0 Å². The van der Waals surface area contributed by atoms with Crippen LogP contribution in [0, 0.1) is 0 Å². The zero-order valence-corrected chi connectivity index (χ0v) is 10.1. The highest BCUT2D eigenvalue weighted by Gasteiger charge is 2.12. The Morgan fingerprint density at radius 3 is 2.88 bits per heavy atom. The molecule has 16 heavy (non-hydrogen) atoms. The number of hydrogen-bond donors (Lipinski definition) is 2. The Morgan fingerprint density at radius 1 is 1.50 bits per heavy atom. The summed E-state index contributed by atoms with van der Waals surface area (Å²) in [5, 5.41) is 6.06. The number of carbonyl (C=O) groups is 1. The molecule has 0 bridgehead atoms. The fraction of sp³-hybridized carbons (Fsp3) is 0.500. The minimum atomic E-state index is -0.0484. The fourth-order valence-electron chi connectivity index (χ4n) is 1.33. The second-order valence-corrected chi connectivity index (χ2v) is 3.73. The molecule has 1 rings (SSSR count). The summed E-state index contributed by atoms with van der Waals surface area (Å²) >= 11 is 0. The maximum Gasteiger partial charge on any atom is 0.253 e. The molecule has 0 radical (unpaired) electrons. The van der Waals surface area contributed by atoms with Crippen molar-refractivity contribution in [1.82, 2.24) is 10.3 Å². The van der Waals surface area contributed by atoms with E-state index in [4.69, 9.17) is 0 Å². The minimum absolute atomic E-state index is 0.0484. The van der Waals surface area contributed by atoms with Crippen LogP contribution in [0.2, 0.25) is 0 Å². The molecule has 1 unspecified atom stereocenters. The monoisotopic (exact) mass is 221 g/mol. The van der Waals surface area contributed by atoms with Gasteiger partial charge in [-0.2, -0.15) is 0 Å². The van der Waals surface area contributed by atoms with E-state index in [0.717, 1.165) is 18.7 Å². The molecule has 1 heterocycles. The third-order valence-electron chi connectivity index (χ3n) is 2.42. The van der Waals surface area contributed by atoms with Crippen molar-refractivity contribution in [1.29, 1.82) is 0 Å². The molecule has 4 heteroatoms. The Labute approximate surface area is 96.5 Å². The number of carbonyl (C=O) groups excluding carboxylic acids is 1. The van der Waals surface area contributed by atoms with Crippen LogP contribution in [0.25, 0.3) is 0 Å². The van der Waals surface area contributed by atoms with Gasteiger partial charge in [-0.15, -0.1) is 0 Å². The number of anilines is 1. The summed E-state index contributed by atoms with van der Waals surface area (Å²) in [6.07, 6.45) is 4.23. The Hall–Kier alpha value is -1.58. The van der Waals surface area contributed by atoms with Crippen LogP contribution in [0.15, 0.2) is 18.5 Å². The zero-order chi connectivity index (χ0) is 12.0. The van der Waals surface area contributed by atoms with Crippen molar-refractivity contribution >= 4 is 11.6 Å². The van der Waals surface area contributed by atoms with E-state index in [2.05, 4.69) is 15.6 Å². The lowest BCUT2D eigenvalue weighted by Crippen LogP contribution is -2.32. The Balaban J connectivity index is 2.81. The van der Waals surface area contributed by atoms with Crippen LogP contribution in [0.5, 0.6) is 0 Å². The number of hydrogen-bond acceptors (Lipinski definition) is 3. The highest BCUT2D eigenvalue weighted by molar-refractivity contribution is 5.99. The summed E-state index contributed by atoms with van der Waals surface area (Å²) < 4.78 is 0. The Kier molecular flexibility index (Phi) is 4.76. The molecule has 0 spiro atoms. The lowest BCUT2D eigenvalue weighted by molar-refractivity contribution is 0.0940. The van der Waals surface area contributed by atoms with Crippen molar-refractivity contribution in [3.05, 3.63) is 24.0 Å². The van der Waals surface area contributed by atoms with Gasteiger partial charge in [0.15, 0.2) is 0 Å². The van der Waals surface area contributed by atoms with Crippen LogP contribution in [-0.4, -0.2) is 23.5 Å². The lowest BCUT2D eigenvalue weighted by Gasteiger charge is -2.14. The summed E-state index contributed by atoms with van der Waals surface area (Å²) in [6, 6.07) is 1.92. The molecule has 1 atom stereocenters. The van der Waals surface area contributed by atoms with Crippen molar-refractivity contribution in [2.75, 3.05) is 11.9 Å². The predicted molar refractivity (Wildman–Crippen MR) is 65.6 cm³/mol. The molecule has 88 valence electrons. The van der Waals surface area contributed by atoms with E-state index in [9.17, 15) is 4.79 Å². The summed E-state index contributed by atoms with van der Waals surface area (Å²) in [5.41, 5.74) is 1.43. The van der Waals surface area contributed by atoms with Gasteiger partial charge in [0.1, 0.15) is 0 Å². The van der Waals surface area contributed by atoms with Gasteiger partial charge >= 0.3 is 0 Å². The van der Waals surface area contributed by atoms with Gasteiger partial charge in [-0.05, 0) is 26.3 Å². The van der Waals surface area contributed by atoms with Crippen molar-refractivity contribution in [2.45, 2.75) is 33.2 Å². The number of nitrogens with zero attached hydrogens (tertiary/aromatic N) is 1. The van der Waals surface area contributed by atoms with E-state index in [-0.39, 0.29) is 11.9 Å². The van der Waals surface area contributed by atoms with Gasteiger partial charge in [-0.1, -0.05) is 6.92 Å². The van der Waals surface area contributed by atoms with E-state index in [1.165, 1.54) is 0 Å². The maximum atomic E-state index is 11.9. The van der Waals surface area contributed by atoms with Crippen LogP contribution in [0.4, 0.5) is 5.69 Å². The molecule has 0 saturated carbocycles. The molecule has 0 saturated heterocycles. The number of rotatable bonds is 5. The molecule has 2 N–H and O–H groups in total.